The Kier molecular flexibility index (Phi) is 4.68. The highest BCUT2D eigenvalue weighted by molar-refractivity contribution is 9.10. The van der Waals surface area contributed by atoms with E-state index in [0.29, 0.717) is 12.0 Å². The molecule has 88 valence electrons. The predicted molar refractivity (Wildman–Crippen MR) is 72.8 cm³/mol. The number of benzene rings is 1. The van der Waals surface area contributed by atoms with Gasteiger partial charge in [0.1, 0.15) is 0 Å². The van der Waals surface area contributed by atoms with Crippen molar-refractivity contribution in [1.29, 1.82) is 0 Å². The van der Waals surface area contributed by atoms with Gasteiger partial charge < -0.3 is 5.32 Å². The maximum Gasteiger partial charge on any atom is 0.0266 e. The van der Waals surface area contributed by atoms with Crippen LogP contribution in [0.3, 0.4) is 0 Å². The molecule has 0 heterocycles. The molecule has 2 unspecified atom stereocenters. The van der Waals surface area contributed by atoms with Crippen molar-refractivity contribution in [2.24, 2.45) is 5.92 Å². The maximum absolute atomic E-state index is 5.96. The van der Waals surface area contributed by atoms with E-state index < -0.39 is 0 Å². The van der Waals surface area contributed by atoms with E-state index in [1.807, 2.05) is 0 Å². The van der Waals surface area contributed by atoms with Gasteiger partial charge in [-0.05, 0) is 36.5 Å². The van der Waals surface area contributed by atoms with E-state index in [1.54, 1.807) is 0 Å². The number of nitrogens with one attached hydrogen (secondary N) is 1. The Morgan fingerprint density at radius 2 is 2.00 bits per heavy atom. The lowest BCUT2D eigenvalue weighted by molar-refractivity contribution is 0.429. The minimum atomic E-state index is 0.612. The Bertz CT molecular complexity index is 325. The van der Waals surface area contributed by atoms with Crippen LogP contribution in [0.5, 0.6) is 0 Å². The van der Waals surface area contributed by atoms with Gasteiger partial charge in [-0.2, -0.15) is 0 Å². The molecule has 0 radical (unpaired) electrons. The average molecular weight is 303 g/mol. The number of halogens is 2. The lowest BCUT2D eigenvalue weighted by Gasteiger charge is -2.18. The van der Waals surface area contributed by atoms with Crippen molar-refractivity contribution in [2.75, 3.05) is 5.88 Å². The summed E-state index contributed by atoms with van der Waals surface area (Å²) < 4.78 is 1.13. The molecule has 0 aromatic heterocycles. The fourth-order valence-corrected chi connectivity index (χ4v) is 2.98. The van der Waals surface area contributed by atoms with Gasteiger partial charge in [0.05, 0.1) is 0 Å². The van der Waals surface area contributed by atoms with Crippen LogP contribution in [-0.2, 0) is 6.54 Å². The summed E-state index contributed by atoms with van der Waals surface area (Å²) in [7, 11) is 0. The van der Waals surface area contributed by atoms with Crippen molar-refractivity contribution >= 4 is 27.5 Å². The lowest BCUT2D eigenvalue weighted by Crippen LogP contribution is -2.32. The fourth-order valence-electron chi connectivity index (χ4n) is 2.34. The minimum absolute atomic E-state index is 0.612. The molecule has 1 nitrogen and oxygen atoms in total. The number of alkyl halides is 1. The van der Waals surface area contributed by atoms with Gasteiger partial charge in [-0.25, -0.2) is 0 Å². The second-order valence-electron chi connectivity index (χ2n) is 4.46. The average Bonchev–Trinajstić information content (AvgIpc) is 2.76. The molecule has 1 aromatic carbocycles. The SMILES string of the molecule is ClCC1CCCC1NCc1ccc(Br)cc1. The van der Waals surface area contributed by atoms with Crippen LogP contribution >= 0.6 is 27.5 Å². The van der Waals surface area contributed by atoms with Crippen molar-refractivity contribution in [2.45, 2.75) is 31.8 Å². The quantitative estimate of drug-likeness (QED) is 0.831. The van der Waals surface area contributed by atoms with E-state index in [0.717, 1.165) is 16.9 Å². The summed E-state index contributed by atoms with van der Waals surface area (Å²) in [6.07, 6.45) is 3.87. The number of rotatable bonds is 4. The Morgan fingerprint density at radius 1 is 1.25 bits per heavy atom. The van der Waals surface area contributed by atoms with Crippen LogP contribution in [0.25, 0.3) is 0 Å². The van der Waals surface area contributed by atoms with Crippen LogP contribution < -0.4 is 5.32 Å². The second kappa shape index (κ2) is 6.04. The van der Waals surface area contributed by atoms with E-state index >= 15 is 0 Å². The first kappa shape index (κ1) is 12.4. The molecule has 2 rings (SSSR count). The van der Waals surface area contributed by atoms with Crippen LogP contribution in [0.1, 0.15) is 24.8 Å². The van der Waals surface area contributed by atoms with Gasteiger partial charge in [-0.15, -0.1) is 11.6 Å². The Labute approximate surface area is 111 Å². The largest absolute Gasteiger partial charge is 0.310 e. The third kappa shape index (κ3) is 3.22. The molecule has 0 bridgehead atoms. The van der Waals surface area contributed by atoms with E-state index in [9.17, 15) is 0 Å². The summed E-state index contributed by atoms with van der Waals surface area (Å²) in [5, 5.41) is 3.62. The summed E-state index contributed by atoms with van der Waals surface area (Å²) in [5.74, 6) is 1.45. The van der Waals surface area contributed by atoms with Crippen LogP contribution in [-0.4, -0.2) is 11.9 Å². The molecule has 16 heavy (non-hydrogen) atoms. The Hall–Kier alpha value is -0.0500. The molecule has 0 amide bonds. The van der Waals surface area contributed by atoms with Gasteiger partial charge in [0.2, 0.25) is 0 Å². The van der Waals surface area contributed by atoms with E-state index in [2.05, 4.69) is 45.5 Å². The second-order valence-corrected chi connectivity index (χ2v) is 5.68. The normalized spacial score (nSPS) is 24.9. The van der Waals surface area contributed by atoms with Crippen molar-refractivity contribution in [3.05, 3.63) is 34.3 Å². The Balaban J connectivity index is 1.85. The van der Waals surface area contributed by atoms with Gasteiger partial charge in [0.15, 0.2) is 0 Å². The maximum atomic E-state index is 5.96. The standard InChI is InChI=1S/C13H17BrClN/c14-12-6-4-10(5-7-12)9-16-13-3-1-2-11(13)8-15/h4-7,11,13,16H,1-3,8-9H2. The summed E-state index contributed by atoms with van der Waals surface area (Å²) in [4.78, 5) is 0. The van der Waals surface area contributed by atoms with Gasteiger partial charge in [0.25, 0.3) is 0 Å². The third-order valence-electron chi connectivity index (χ3n) is 3.34. The first-order chi connectivity index (χ1) is 7.79. The van der Waals surface area contributed by atoms with E-state index in [-0.39, 0.29) is 0 Å². The summed E-state index contributed by atoms with van der Waals surface area (Å²) in [6, 6.07) is 9.10. The van der Waals surface area contributed by atoms with Gasteiger partial charge >= 0.3 is 0 Å². The summed E-state index contributed by atoms with van der Waals surface area (Å²) >= 11 is 9.40. The van der Waals surface area contributed by atoms with Gasteiger partial charge in [-0.1, -0.05) is 34.5 Å². The predicted octanol–water partition coefficient (Wildman–Crippen LogP) is 3.95. The summed E-state index contributed by atoms with van der Waals surface area (Å²) in [5.41, 5.74) is 1.34. The minimum Gasteiger partial charge on any atom is -0.310 e. The molecule has 0 spiro atoms. The van der Waals surface area contributed by atoms with Crippen LogP contribution in [0, 0.1) is 5.92 Å². The highest BCUT2D eigenvalue weighted by atomic mass is 79.9. The molecular weight excluding hydrogens is 286 g/mol. The molecule has 3 heteroatoms. The van der Waals surface area contributed by atoms with E-state index in [4.69, 9.17) is 11.6 Å². The zero-order valence-electron chi connectivity index (χ0n) is 9.26. The highest BCUT2D eigenvalue weighted by Crippen LogP contribution is 2.26. The van der Waals surface area contributed by atoms with Crippen LogP contribution in [0.15, 0.2) is 28.7 Å². The topological polar surface area (TPSA) is 12.0 Å². The van der Waals surface area contributed by atoms with E-state index in [1.165, 1.54) is 24.8 Å². The number of hydrogen-bond donors (Lipinski definition) is 1. The number of hydrogen-bond acceptors (Lipinski definition) is 1. The lowest BCUT2D eigenvalue weighted by atomic mass is 10.1. The molecule has 1 fully saturated rings. The van der Waals surface area contributed by atoms with Crippen molar-refractivity contribution in [3.8, 4) is 0 Å². The molecule has 0 saturated heterocycles. The fraction of sp³-hybridized carbons (Fsp3) is 0.538. The first-order valence-electron chi connectivity index (χ1n) is 5.83. The van der Waals surface area contributed by atoms with Crippen molar-refractivity contribution in [3.63, 3.8) is 0 Å². The zero-order valence-corrected chi connectivity index (χ0v) is 11.6. The van der Waals surface area contributed by atoms with Crippen molar-refractivity contribution < 1.29 is 0 Å². The molecular formula is C13H17BrClN. The molecule has 2 atom stereocenters. The van der Waals surface area contributed by atoms with Crippen LogP contribution in [0.2, 0.25) is 0 Å². The zero-order chi connectivity index (χ0) is 11.4. The monoisotopic (exact) mass is 301 g/mol. The highest BCUT2D eigenvalue weighted by Gasteiger charge is 2.25. The molecule has 1 aromatic rings. The van der Waals surface area contributed by atoms with Crippen LogP contribution in [0.4, 0.5) is 0 Å². The molecule has 0 aliphatic heterocycles. The molecule has 1 saturated carbocycles. The summed E-state index contributed by atoms with van der Waals surface area (Å²) in [6.45, 7) is 0.950. The smallest absolute Gasteiger partial charge is 0.0266 e. The first-order valence-corrected chi connectivity index (χ1v) is 7.16. The molecule has 1 aliphatic rings. The molecule has 1 N–H and O–H groups in total. The van der Waals surface area contributed by atoms with Gasteiger partial charge in [0, 0.05) is 22.9 Å². The van der Waals surface area contributed by atoms with Gasteiger partial charge in [-0.3, -0.25) is 0 Å². The van der Waals surface area contributed by atoms with Crippen molar-refractivity contribution in [1.82, 2.24) is 5.32 Å². The third-order valence-corrected chi connectivity index (χ3v) is 4.26. The molecule has 1 aliphatic carbocycles. The Morgan fingerprint density at radius 3 is 2.69 bits per heavy atom.